The van der Waals surface area contributed by atoms with Crippen LogP contribution in [0.3, 0.4) is 0 Å². The molecule has 0 saturated heterocycles. The van der Waals surface area contributed by atoms with Crippen molar-refractivity contribution < 1.29 is 27.3 Å². The smallest absolute Gasteiger partial charge is 0.435 e. The third-order valence-electron chi connectivity index (χ3n) is 4.40. The fourth-order valence-electron chi connectivity index (χ4n) is 3.00. The number of carbonyl (C=O) groups excluding carboxylic acids is 1. The number of furan rings is 1. The standard InChI is InChI=1S/C21H12F3N3O4/c22-21(23,24)19-17(20(28)26(25-19)14-6-2-1-3-7-14)12-16-9-10-18(31-16)13-5-4-8-15(11-13)27(29)30/h1-12H/b17-12+. The molecule has 1 aliphatic rings. The number of carbonyl (C=O) groups is 1. The Balaban J connectivity index is 1.71. The lowest BCUT2D eigenvalue weighted by Gasteiger charge is -2.10. The second kappa shape index (κ2) is 7.56. The second-order valence-corrected chi connectivity index (χ2v) is 6.47. The number of non-ortho nitro benzene ring substituents is 1. The lowest BCUT2D eigenvalue weighted by molar-refractivity contribution is -0.384. The molecule has 2 aromatic carbocycles. The Kier molecular flexibility index (Phi) is 4.90. The van der Waals surface area contributed by atoms with E-state index in [1.165, 1.54) is 42.5 Å². The van der Waals surface area contributed by atoms with Gasteiger partial charge in [0.2, 0.25) is 0 Å². The summed E-state index contributed by atoms with van der Waals surface area (Å²) in [5, 5.41) is 15.1. The van der Waals surface area contributed by atoms with E-state index in [2.05, 4.69) is 5.10 Å². The molecule has 1 aromatic heterocycles. The monoisotopic (exact) mass is 427 g/mol. The third-order valence-corrected chi connectivity index (χ3v) is 4.40. The molecule has 31 heavy (non-hydrogen) atoms. The SMILES string of the molecule is O=C1/C(=C/c2ccc(-c3cccc([N+](=O)[O-])c3)o2)C(C(F)(F)F)=NN1c1ccccc1. The highest BCUT2D eigenvalue weighted by Gasteiger charge is 2.47. The molecule has 0 unspecified atom stereocenters. The van der Waals surface area contributed by atoms with Gasteiger partial charge in [-0.15, -0.1) is 0 Å². The summed E-state index contributed by atoms with van der Waals surface area (Å²) in [6, 6.07) is 16.1. The van der Waals surface area contributed by atoms with E-state index in [4.69, 9.17) is 4.42 Å². The number of hydrazone groups is 1. The van der Waals surface area contributed by atoms with E-state index < -0.39 is 28.3 Å². The molecule has 156 valence electrons. The van der Waals surface area contributed by atoms with Crippen LogP contribution in [0.25, 0.3) is 17.4 Å². The number of para-hydroxylation sites is 1. The van der Waals surface area contributed by atoms with E-state index in [0.29, 0.717) is 10.6 Å². The fraction of sp³-hybridized carbons (Fsp3) is 0.0476. The van der Waals surface area contributed by atoms with E-state index in [0.717, 1.165) is 6.08 Å². The molecular formula is C21H12F3N3O4. The van der Waals surface area contributed by atoms with Crippen LogP contribution >= 0.6 is 0 Å². The number of halogens is 3. The summed E-state index contributed by atoms with van der Waals surface area (Å²) in [5.74, 6) is -0.782. The summed E-state index contributed by atoms with van der Waals surface area (Å²) in [7, 11) is 0. The van der Waals surface area contributed by atoms with Crippen LogP contribution in [0.15, 0.2) is 81.8 Å². The summed E-state index contributed by atoms with van der Waals surface area (Å²) >= 11 is 0. The van der Waals surface area contributed by atoms with Crippen LogP contribution in [0, 0.1) is 10.1 Å². The first-order chi connectivity index (χ1) is 14.7. The highest BCUT2D eigenvalue weighted by molar-refractivity contribution is 6.34. The number of nitro benzene ring substituents is 1. The Labute approximate surface area is 172 Å². The molecule has 1 aliphatic heterocycles. The largest absolute Gasteiger partial charge is 0.457 e. The zero-order valence-electron chi connectivity index (χ0n) is 15.5. The van der Waals surface area contributed by atoms with Gasteiger partial charge in [0.25, 0.3) is 11.6 Å². The summed E-state index contributed by atoms with van der Waals surface area (Å²) in [4.78, 5) is 23.1. The molecule has 7 nitrogen and oxygen atoms in total. The molecule has 0 aliphatic carbocycles. The molecule has 2 heterocycles. The van der Waals surface area contributed by atoms with Crippen molar-refractivity contribution in [2.45, 2.75) is 6.18 Å². The van der Waals surface area contributed by atoms with Gasteiger partial charge in [-0.3, -0.25) is 14.9 Å². The van der Waals surface area contributed by atoms with Gasteiger partial charge in [-0.25, -0.2) is 0 Å². The summed E-state index contributed by atoms with van der Waals surface area (Å²) in [6.45, 7) is 0. The van der Waals surface area contributed by atoms with E-state index in [-0.39, 0.29) is 22.9 Å². The minimum absolute atomic E-state index is 0.0308. The lowest BCUT2D eigenvalue weighted by atomic mass is 10.1. The van der Waals surface area contributed by atoms with Crippen molar-refractivity contribution in [3.8, 4) is 11.3 Å². The topological polar surface area (TPSA) is 88.9 Å². The fourth-order valence-corrected chi connectivity index (χ4v) is 3.00. The van der Waals surface area contributed by atoms with Crippen molar-refractivity contribution in [2.24, 2.45) is 5.10 Å². The van der Waals surface area contributed by atoms with Crippen molar-refractivity contribution in [1.82, 2.24) is 0 Å². The maximum absolute atomic E-state index is 13.5. The van der Waals surface area contributed by atoms with Gasteiger partial charge in [0.15, 0.2) is 5.71 Å². The van der Waals surface area contributed by atoms with Gasteiger partial charge in [-0.2, -0.15) is 23.3 Å². The van der Waals surface area contributed by atoms with Gasteiger partial charge in [-0.1, -0.05) is 30.3 Å². The molecule has 0 atom stereocenters. The predicted octanol–water partition coefficient (Wildman–Crippen LogP) is 5.20. The van der Waals surface area contributed by atoms with Crippen LogP contribution in [0.4, 0.5) is 24.5 Å². The zero-order valence-corrected chi connectivity index (χ0v) is 15.5. The number of nitro groups is 1. The number of nitrogens with zero attached hydrogens (tertiary/aromatic N) is 3. The first-order valence-corrected chi connectivity index (χ1v) is 8.86. The number of hydrogen-bond donors (Lipinski definition) is 0. The Morgan fingerprint density at radius 1 is 1.03 bits per heavy atom. The zero-order chi connectivity index (χ0) is 22.2. The minimum atomic E-state index is -4.86. The average molecular weight is 427 g/mol. The maximum atomic E-state index is 13.5. The van der Waals surface area contributed by atoms with Crippen LogP contribution in [0.5, 0.6) is 0 Å². The third kappa shape index (κ3) is 3.95. The van der Waals surface area contributed by atoms with E-state index in [1.54, 1.807) is 24.3 Å². The molecule has 4 rings (SSSR count). The normalized spacial score (nSPS) is 15.5. The van der Waals surface area contributed by atoms with Crippen LogP contribution in [0.2, 0.25) is 0 Å². The Morgan fingerprint density at radius 3 is 2.45 bits per heavy atom. The highest BCUT2D eigenvalue weighted by Crippen LogP contribution is 2.33. The number of amides is 1. The number of rotatable bonds is 4. The number of alkyl halides is 3. The van der Waals surface area contributed by atoms with Crippen molar-refractivity contribution in [1.29, 1.82) is 0 Å². The predicted molar refractivity (Wildman–Crippen MR) is 106 cm³/mol. The van der Waals surface area contributed by atoms with Gasteiger partial charge in [-0.05, 0) is 30.3 Å². The quantitative estimate of drug-likeness (QED) is 0.325. The maximum Gasteiger partial charge on any atom is 0.435 e. The Hall–Kier alpha value is -4.21. The van der Waals surface area contributed by atoms with E-state index >= 15 is 0 Å². The van der Waals surface area contributed by atoms with E-state index in [9.17, 15) is 28.1 Å². The summed E-state index contributed by atoms with van der Waals surface area (Å²) in [6.07, 6.45) is -3.90. The van der Waals surface area contributed by atoms with Gasteiger partial charge in [0.1, 0.15) is 11.5 Å². The minimum Gasteiger partial charge on any atom is -0.457 e. The van der Waals surface area contributed by atoms with Crippen LogP contribution < -0.4 is 5.01 Å². The molecule has 0 fully saturated rings. The second-order valence-electron chi connectivity index (χ2n) is 6.47. The van der Waals surface area contributed by atoms with Crippen molar-refractivity contribution in [3.63, 3.8) is 0 Å². The molecule has 10 heteroatoms. The molecule has 1 amide bonds. The summed E-state index contributed by atoms with van der Waals surface area (Å²) < 4.78 is 46.1. The Morgan fingerprint density at radius 2 is 1.77 bits per heavy atom. The molecule has 0 N–H and O–H groups in total. The molecule has 0 radical (unpaired) electrons. The first-order valence-electron chi connectivity index (χ1n) is 8.86. The van der Waals surface area contributed by atoms with Gasteiger partial charge >= 0.3 is 6.18 Å². The van der Waals surface area contributed by atoms with Crippen LogP contribution in [0.1, 0.15) is 5.76 Å². The average Bonchev–Trinajstić information content (AvgIpc) is 3.34. The van der Waals surface area contributed by atoms with E-state index in [1.807, 2.05) is 0 Å². The molecule has 0 saturated carbocycles. The number of anilines is 1. The van der Waals surface area contributed by atoms with Crippen LogP contribution in [-0.2, 0) is 4.79 Å². The molecule has 0 spiro atoms. The number of benzene rings is 2. The van der Waals surface area contributed by atoms with Gasteiger partial charge in [0, 0.05) is 17.7 Å². The molecule has 3 aromatic rings. The first kappa shape index (κ1) is 20.1. The summed E-state index contributed by atoms with van der Waals surface area (Å²) in [5.41, 5.74) is -1.61. The molecular weight excluding hydrogens is 415 g/mol. The van der Waals surface area contributed by atoms with Crippen molar-refractivity contribution >= 4 is 29.1 Å². The van der Waals surface area contributed by atoms with Crippen molar-refractivity contribution in [2.75, 3.05) is 5.01 Å². The highest BCUT2D eigenvalue weighted by atomic mass is 19.4. The number of hydrogen-bond acceptors (Lipinski definition) is 5. The van der Waals surface area contributed by atoms with Gasteiger partial charge < -0.3 is 4.42 Å². The lowest BCUT2D eigenvalue weighted by Crippen LogP contribution is -2.25. The van der Waals surface area contributed by atoms with Gasteiger partial charge in [0.05, 0.1) is 16.2 Å². The van der Waals surface area contributed by atoms with Crippen molar-refractivity contribution in [3.05, 3.63) is 88.2 Å². The Bertz CT molecular complexity index is 1230. The molecule has 0 bridgehead atoms. The van der Waals surface area contributed by atoms with Crippen LogP contribution in [-0.4, -0.2) is 22.7 Å².